The van der Waals surface area contributed by atoms with Crippen LogP contribution in [0.1, 0.15) is 20.8 Å². The van der Waals surface area contributed by atoms with Gasteiger partial charge in [0.1, 0.15) is 25.4 Å². The Morgan fingerprint density at radius 1 is 1.00 bits per heavy atom. The van der Waals surface area contributed by atoms with E-state index in [1.807, 2.05) is 0 Å². The number of alkyl halides is 3. The number of hydrogen-bond acceptors (Lipinski definition) is 11. The summed E-state index contributed by atoms with van der Waals surface area (Å²) in [6, 6.07) is -1.43. The first-order valence-corrected chi connectivity index (χ1v) is 10.4. The van der Waals surface area contributed by atoms with E-state index in [2.05, 4.69) is 11.9 Å². The van der Waals surface area contributed by atoms with Gasteiger partial charge in [-0.25, -0.2) is 4.79 Å². The number of hydrogen-bond donors (Lipinski definition) is 2. The van der Waals surface area contributed by atoms with Crippen molar-refractivity contribution in [2.45, 2.75) is 55.2 Å². The van der Waals surface area contributed by atoms with E-state index < -0.39 is 70.9 Å². The molecule has 0 spiro atoms. The van der Waals surface area contributed by atoms with Gasteiger partial charge < -0.3 is 33.7 Å². The zero-order chi connectivity index (χ0) is 25.3. The van der Waals surface area contributed by atoms with Crippen LogP contribution in [0.25, 0.3) is 0 Å². The Morgan fingerprint density at radius 2 is 1.58 bits per heavy atom. The van der Waals surface area contributed by atoms with Gasteiger partial charge in [-0.3, -0.25) is 19.8 Å². The van der Waals surface area contributed by atoms with Crippen LogP contribution >= 0.6 is 34.8 Å². The molecule has 2 N–H and O–H groups in total. The Labute approximate surface area is 204 Å². The summed E-state index contributed by atoms with van der Waals surface area (Å²) in [5.74, 6) is -3.21. The van der Waals surface area contributed by atoms with Gasteiger partial charge in [0.05, 0.1) is 0 Å². The molecule has 0 aromatic heterocycles. The summed E-state index contributed by atoms with van der Waals surface area (Å²) in [6.45, 7) is 6.03. The number of carbonyl (C=O) groups is 4. The fourth-order valence-corrected chi connectivity index (χ4v) is 2.79. The van der Waals surface area contributed by atoms with E-state index in [-0.39, 0.29) is 6.61 Å². The zero-order valence-electron chi connectivity index (χ0n) is 17.8. The molecule has 15 heteroatoms. The number of ether oxygens (including phenoxy) is 6. The lowest BCUT2D eigenvalue weighted by Crippen LogP contribution is -2.67. The second-order valence-electron chi connectivity index (χ2n) is 6.50. The van der Waals surface area contributed by atoms with Crippen molar-refractivity contribution < 1.29 is 47.6 Å². The molecule has 0 saturated carbocycles. The van der Waals surface area contributed by atoms with Gasteiger partial charge in [0.25, 0.3) is 3.79 Å². The molecule has 0 aromatic carbocycles. The van der Waals surface area contributed by atoms with Crippen LogP contribution < -0.4 is 5.32 Å². The van der Waals surface area contributed by atoms with Gasteiger partial charge in [-0.1, -0.05) is 47.5 Å². The number of halogens is 3. The lowest BCUT2D eigenvalue weighted by atomic mass is 9.96. The van der Waals surface area contributed by atoms with Crippen LogP contribution in [-0.2, 0) is 42.8 Å². The van der Waals surface area contributed by atoms with E-state index in [1.165, 1.54) is 6.08 Å². The highest BCUT2D eigenvalue weighted by Gasteiger charge is 2.53. The summed E-state index contributed by atoms with van der Waals surface area (Å²) in [7, 11) is 0. The summed E-state index contributed by atoms with van der Waals surface area (Å²) in [6.07, 6.45) is -5.46. The molecule has 0 radical (unpaired) electrons. The molecule has 12 nitrogen and oxygen atoms in total. The molecule has 1 fully saturated rings. The van der Waals surface area contributed by atoms with E-state index in [9.17, 15) is 19.2 Å². The molecule has 1 aliphatic heterocycles. The third kappa shape index (κ3) is 9.62. The second kappa shape index (κ2) is 12.8. The molecular formula is C18H23Cl3N2O10. The quantitative estimate of drug-likeness (QED) is 0.118. The van der Waals surface area contributed by atoms with Gasteiger partial charge in [-0.2, -0.15) is 0 Å². The van der Waals surface area contributed by atoms with Gasteiger partial charge in [-0.05, 0) is 0 Å². The van der Waals surface area contributed by atoms with E-state index in [0.717, 1.165) is 20.8 Å². The van der Waals surface area contributed by atoms with Gasteiger partial charge in [0.15, 0.2) is 12.2 Å². The summed E-state index contributed by atoms with van der Waals surface area (Å²) >= 11 is 17.0. The summed E-state index contributed by atoms with van der Waals surface area (Å²) in [4.78, 5) is 47.1. The molecule has 33 heavy (non-hydrogen) atoms. The minimum Gasteiger partial charge on any atom is -0.463 e. The second-order valence-corrected chi connectivity index (χ2v) is 8.78. The van der Waals surface area contributed by atoms with Gasteiger partial charge in [0, 0.05) is 20.8 Å². The average Bonchev–Trinajstić information content (AvgIpc) is 2.67. The standard InChI is InChI=1S/C18H23Cl3N2O10/c1-5-6-28-17(27)23-12-14(31-10(4)26)13(30-9(3)25)11(7-29-8(2)24)32-15(12)33-16(22)18(19,20)21/h5,11-15,22H,1,6-7H2,2-4H3,(H,23,27)/t11-,12-,13-,14-,15+/m1/s1. The molecular weight excluding hydrogens is 511 g/mol. The Bertz CT molecular complexity index is 773. The summed E-state index contributed by atoms with van der Waals surface area (Å²) in [5, 5.41) is 10.2. The first-order chi connectivity index (χ1) is 15.3. The van der Waals surface area contributed by atoms with Crippen molar-refractivity contribution in [1.29, 1.82) is 5.41 Å². The normalized spacial score (nSPS) is 24.6. The SMILES string of the molecule is C=CCOC(=O)N[C@H]1[C@H](OC(=N)C(Cl)(Cl)Cl)O[C@H](COC(C)=O)[C@@H](OC(C)=O)[C@@H]1OC(C)=O. The summed E-state index contributed by atoms with van der Waals surface area (Å²) in [5.41, 5.74) is 0. The van der Waals surface area contributed by atoms with Crippen molar-refractivity contribution in [3.63, 3.8) is 0 Å². The Hall–Kier alpha value is -2.28. The number of alkyl carbamates (subject to hydrolysis) is 1. The van der Waals surface area contributed by atoms with Crippen molar-refractivity contribution in [3.8, 4) is 0 Å². The van der Waals surface area contributed by atoms with Crippen molar-refractivity contribution in [2.24, 2.45) is 0 Å². The largest absolute Gasteiger partial charge is 0.463 e. The zero-order valence-corrected chi connectivity index (χ0v) is 20.1. The lowest BCUT2D eigenvalue weighted by molar-refractivity contribution is -0.260. The van der Waals surface area contributed by atoms with Crippen molar-refractivity contribution in [2.75, 3.05) is 13.2 Å². The number of rotatable bonds is 8. The first-order valence-electron chi connectivity index (χ1n) is 9.26. The highest BCUT2D eigenvalue weighted by atomic mass is 35.6. The lowest BCUT2D eigenvalue weighted by Gasteiger charge is -2.44. The first kappa shape index (κ1) is 28.8. The van der Waals surface area contributed by atoms with Gasteiger partial charge in [0.2, 0.25) is 12.2 Å². The fraction of sp³-hybridized carbons (Fsp3) is 0.611. The molecule has 186 valence electrons. The maximum Gasteiger partial charge on any atom is 0.408 e. The molecule has 1 amide bonds. The highest BCUT2D eigenvalue weighted by molar-refractivity contribution is 6.76. The van der Waals surface area contributed by atoms with Crippen LogP contribution in [-0.4, -0.2) is 77.5 Å². The molecule has 1 saturated heterocycles. The molecule has 0 aromatic rings. The molecule has 0 unspecified atom stereocenters. The Morgan fingerprint density at radius 3 is 2.06 bits per heavy atom. The summed E-state index contributed by atoms with van der Waals surface area (Å²) < 4.78 is 28.9. The average molecular weight is 534 g/mol. The molecule has 0 bridgehead atoms. The predicted molar refractivity (Wildman–Crippen MR) is 114 cm³/mol. The number of esters is 3. The number of nitrogens with one attached hydrogen (secondary N) is 2. The van der Waals surface area contributed by atoms with E-state index in [1.54, 1.807) is 0 Å². The fourth-order valence-electron chi connectivity index (χ4n) is 2.65. The van der Waals surface area contributed by atoms with E-state index in [0.29, 0.717) is 0 Å². The minimum absolute atomic E-state index is 0.171. The van der Waals surface area contributed by atoms with Crippen LogP contribution in [0.5, 0.6) is 0 Å². The highest BCUT2D eigenvalue weighted by Crippen LogP contribution is 2.32. The monoisotopic (exact) mass is 532 g/mol. The topological polar surface area (TPSA) is 160 Å². The predicted octanol–water partition coefficient (Wildman–Crippen LogP) is 1.78. The van der Waals surface area contributed by atoms with Gasteiger partial charge >= 0.3 is 24.0 Å². The van der Waals surface area contributed by atoms with Crippen LogP contribution in [0, 0.1) is 5.41 Å². The van der Waals surface area contributed by atoms with Crippen LogP contribution in [0.15, 0.2) is 12.7 Å². The maximum atomic E-state index is 12.2. The molecule has 1 rings (SSSR count). The number of carbonyl (C=O) groups excluding carboxylic acids is 4. The Kier molecular flexibility index (Phi) is 11.2. The van der Waals surface area contributed by atoms with Crippen molar-refractivity contribution in [3.05, 3.63) is 12.7 Å². The molecule has 1 aliphatic rings. The maximum absolute atomic E-state index is 12.2. The smallest absolute Gasteiger partial charge is 0.408 e. The van der Waals surface area contributed by atoms with Crippen molar-refractivity contribution in [1.82, 2.24) is 5.32 Å². The third-order valence-electron chi connectivity index (χ3n) is 3.81. The van der Waals surface area contributed by atoms with Crippen molar-refractivity contribution >= 4 is 64.7 Å². The number of amides is 1. The Balaban J connectivity index is 3.41. The molecule has 1 heterocycles. The van der Waals surface area contributed by atoms with Crippen LogP contribution in [0.2, 0.25) is 0 Å². The molecule has 5 atom stereocenters. The molecule has 0 aliphatic carbocycles. The van der Waals surface area contributed by atoms with Crippen LogP contribution in [0.3, 0.4) is 0 Å². The third-order valence-corrected chi connectivity index (χ3v) is 4.32. The van der Waals surface area contributed by atoms with E-state index >= 15 is 0 Å². The van der Waals surface area contributed by atoms with Crippen LogP contribution in [0.4, 0.5) is 4.79 Å². The minimum atomic E-state index is -2.31. The van der Waals surface area contributed by atoms with Gasteiger partial charge in [-0.15, -0.1) is 0 Å². The van der Waals surface area contributed by atoms with E-state index in [4.69, 9.17) is 68.6 Å².